The summed E-state index contributed by atoms with van der Waals surface area (Å²) in [5.74, 6) is 0. The number of hydrogen-bond donors (Lipinski definition) is 1. The predicted octanol–water partition coefficient (Wildman–Crippen LogP) is 3.69. The lowest BCUT2D eigenvalue weighted by Gasteiger charge is -2.23. The molecule has 0 amide bonds. The molecule has 0 aromatic rings. The zero-order chi connectivity index (χ0) is 17.9. The van der Waals surface area contributed by atoms with Gasteiger partial charge >= 0.3 is 0 Å². The topological polar surface area (TPSA) is 54.0 Å². The summed E-state index contributed by atoms with van der Waals surface area (Å²) in [4.78, 5) is 10.1. The highest BCUT2D eigenvalue weighted by Crippen LogP contribution is 2.27. The SMILES string of the molecule is C=CC(F)\C=C/C(=C\C)C(/N=C)=C(\C(N)=C\C=NC)N1C=CCC1. The number of aliphatic imine (C=N–C) groups is 2. The second-order valence-electron chi connectivity index (χ2n) is 5.03. The van der Waals surface area contributed by atoms with Gasteiger partial charge in [-0.1, -0.05) is 30.9 Å². The third-order valence-corrected chi connectivity index (χ3v) is 3.44. The van der Waals surface area contributed by atoms with Gasteiger partial charge in [0.2, 0.25) is 0 Å². The van der Waals surface area contributed by atoms with Gasteiger partial charge in [-0.3, -0.25) is 9.98 Å². The second-order valence-corrected chi connectivity index (χ2v) is 5.03. The molecule has 0 fully saturated rings. The quantitative estimate of drug-likeness (QED) is 0.420. The van der Waals surface area contributed by atoms with Crippen LogP contribution in [-0.2, 0) is 0 Å². The fourth-order valence-corrected chi connectivity index (χ4v) is 2.24. The first-order valence-corrected chi connectivity index (χ1v) is 7.73. The van der Waals surface area contributed by atoms with Gasteiger partial charge in [-0.15, -0.1) is 0 Å². The van der Waals surface area contributed by atoms with Gasteiger partial charge in [0, 0.05) is 26.0 Å². The van der Waals surface area contributed by atoms with Crippen LogP contribution in [0.2, 0.25) is 0 Å². The van der Waals surface area contributed by atoms with E-state index >= 15 is 0 Å². The highest BCUT2D eigenvalue weighted by atomic mass is 19.1. The number of rotatable bonds is 8. The van der Waals surface area contributed by atoms with Crippen LogP contribution >= 0.6 is 0 Å². The third-order valence-electron chi connectivity index (χ3n) is 3.44. The van der Waals surface area contributed by atoms with E-state index in [9.17, 15) is 4.39 Å². The van der Waals surface area contributed by atoms with Crippen LogP contribution < -0.4 is 5.73 Å². The van der Waals surface area contributed by atoms with Gasteiger partial charge < -0.3 is 10.6 Å². The largest absolute Gasteiger partial charge is 0.397 e. The van der Waals surface area contributed by atoms with E-state index in [4.69, 9.17) is 5.73 Å². The van der Waals surface area contributed by atoms with E-state index in [1.165, 1.54) is 12.2 Å². The molecule has 0 saturated carbocycles. The minimum absolute atomic E-state index is 0.516. The molecule has 5 heteroatoms. The summed E-state index contributed by atoms with van der Waals surface area (Å²) in [6, 6.07) is 0. The van der Waals surface area contributed by atoms with E-state index in [-0.39, 0.29) is 0 Å². The zero-order valence-electron chi connectivity index (χ0n) is 14.3. The number of nitrogens with two attached hydrogens (primary N) is 1. The Kier molecular flexibility index (Phi) is 8.19. The van der Waals surface area contributed by atoms with E-state index in [0.717, 1.165) is 24.2 Å². The van der Waals surface area contributed by atoms with Crippen LogP contribution in [0.15, 0.2) is 81.9 Å². The summed E-state index contributed by atoms with van der Waals surface area (Å²) in [7, 11) is 1.67. The molecule has 1 heterocycles. The van der Waals surface area contributed by atoms with Crippen LogP contribution in [0.25, 0.3) is 0 Å². The van der Waals surface area contributed by atoms with Gasteiger partial charge in [-0.2, -0.15) is 0 Å². The third kappa shape index (κ3) is 5.19. The van der Waals surface area contributed by atoms with E-state index in [2.05, 4.69) is 29.4 Å². The summed E-state index contributed by atoms with van der Waals surface area (Å²) in [5.41, 5.74) is 8.81. The standard InChI is InChI=1S/C19H25FN4/c1-5-15(9-10-16(20)6-2)18(23-4)19(17(21)11-12-22-3)24-13-7-8-14-24/h5-7,9-13,16H,2,4,8,14,21H2,1,3H3/b10-9-,15-5+,17-11-,19-18-,22-12?. The molecule has 1 rings (SSSR count). The van der Waals surface area contributed by atoms with Crippen LogP contribution in [0.3, 0.4) is 0 Å². The molecular formula is C19H25FN4. The van der Waals surface area contributed by atoms with Crippen LogP contribution in [0.5, 0.6) is 0 Å². The monoisotopic (exact) mass is 328 g/mol. The maximum atomic E-state index is 13.5. The fraction of sp³-hybridized carbons (Fsp3) is 0.263. The molecule has 24 heavy (non-hydrogen) atoms. The number of hydrogen-bond acceptors (Lipinski definition) is 4. The highest BCUT2D eigenvalue weighted by molar-refractivity contribution is 5.73. The molecule has 1 aliphatic heterocycles. The van der Waals surface area contributed by atoms with Gasteiger partial charge in [-0.25, -0.2) is 4.39 Å². The van der Waals surface area contributed by atoms with E-state index in [0.29, 0.717) is 11.4 Å². The Morgan fingerprint density at radius 3 is 2.71 bits per heavy atom. The van der Waals surface area contributed by atoms with Crippen molar-refractivity contribution < 1.29 is 4.39 Å². The minimum atomic E-state index is -1.22. The van der Waals surface area contributed by atoms with Crippen molar-refractivity contribution in [1.29, 1.82) is 0 Å². The van der Waals surface area contributed by atoms with Gasteiger partial charge in [0.15, 0.2) is 0 Å². The molecule has 1 unspecified atom stereocenters. The number of alkyl halides is 1. The molecule has 0 bridgehead atoms. The van der Waals surface area contributed by atoms with Crippen molar-refractivity contribution in [3.05, 3.63) is 71.9 Å². The van der Waals surface area contributed by atoms with Gasteiger partial charge in [0.25, 0.3) is 0 Å². The summed E-state index contributed by atoms with van der Waals surface area (Å²) in [6.45, 7) is 9.76. The Morgan fingerprint density at radius 1 is 1.46 bits per heavy atom. The van der Waals surface area contributed by atoms with Crippen LogP contribution in [0, 0.1) is 0 Å². The maximum Gasteiger partial charge on any atom is 0.137 e. The lowest BCUT2D eigenvalue weighted by Crippen LogP contribution is -2.21. The second kappa shape index (κ2) is 10.2. The molecule has 0 aromatic carbocycles. The van der Waals surface area contributed by atoms with Crippen molar-refractivity contribution in [3.8, 4) is 0 Å². The van der Waals surface area contributed by atoms with E-state index < -0.39 is 6.17 Å². The number of halogens is 1. The molecule has 0 spiro atoms. The predicted molar refractivity (Wildman–Crippen MR) is 102 cm³/mol. The van der Waals surface area contributed by atoms with Gasteiger partial charge in [0.05, 0.1) is 17.1 Å². The van der Waals surface area contributed by atoms with Crippen molar-refractivity contribution >= 4 is 12.9 Å². The first kappa shape index (κ1) is 19.4. The zero-order valence-corrected chi connectivity index (χ0v) is 14.3. The molecule has 1 aliphatic rings. The minimum Gasteiger partial charge on any atom is -0.397 e. The first-order chi connectivity index (χ1) is 11.6. The van der Waals surface area contributed by atoms with Crippen molar-refractivity contribution in [2.24, 2.45) is 15.7 Å². The average molecular weight is 328 g/mol. The molecule has 0 aliphatic carbocycles. The van der Waals surface area contributed by atoms with Crippen molar-refractivity contribution in [3.63, 3.8) is 0 Å². The van der Waals surface area contributed by atoms with Crippen LogP contribution in [-0.4, -0.2) is 37.6 Å². The normalized spacial score (nSPS) is 18.4. The molecule has 128 valence electrons. The first-order valence-electron chi connectivity index (χ1n) is 7.73. The molecule has 0 aromatic heterocycles. The molecular weight excluding hydrogens is 303 g/mol. The van der Waals surface area contributed by atoms with Crippen LogP contribution in [0.1, 0.15) is 13.3 Å². The Bertz CT molecular complexity index is 636. The van der Waals surface area contributed by atoms with Crippen molar-refractivity contribution in [2.45, 2.75) is 19.5 Å². The Morgan fingerprint density at radius 2 is 2.21 bits per heavy atom. The Balaban J connectivity index is 3.43. The fourth-order valence-electron chi connectivity index (χ4n) is 2.24. The van der Waals surface area contributed by atoms with Gasteiger partial charge in [-0.05, 0) is 37.8 Å². The van der Waals surface area contributed by atoms with E-state index in [1.807, 2.05) is 24.1 Å². The molecule has 4 nitrogen and oxygen atoms in total. The van der Waals surface area contributed by atoms with Crippen molar-refractivity contribution in [1.82, 2.24) is 4.90 Å². The molecule has 2 N–H and O–H groups in total. The molecule has 0 radical (unpaired) electrons. The lowest BCUT2D eigenvalue weighted by molar-refractivity contribution is 0.469. The maximum absolute atomic E-state index is 13.5. The lowest BCUT2D eigenvalue weighted by atomic mass is 10.1. The Labute approximate surface area is 143 Å². The highest BCUT2D eigenvalue weighted by Gasteiger charge is 2.19. The smallest absolute Gasteiger partial charge is 0.137 e. The van der Waals surface area contributed by atoms with E-state index in [1.54, 1.807) is 25.4 Å². The Hall–Kier alpha value is -2.69. The summed E-state index contributed by atoms with van der Waals surface area (Å²) < 4.78 is 13.5. The average Bonchev–Trinajstić information content (AvgIpc) is 3.12. The number of allylic oxidation sites excluding steroid dienone is 5. The molecule has 1 atom stereocenters. The summed E-state index contributed by atoms with van der Waals surface area (Å²) in [6.07, 6.45) is 13.2. The van der Waals surface area contributed by atoms with Crippen LogP contribution in [0.4, 0.5) is 4.39 Å². The van der Waals surface area contributed by atoms with Gasteiger partial charge in [0.1, 0.15) is 6.17 Å². The summed E-state index contributed by atoms with van der Waals surface area (Å²) >= 11 is 0. The van der Waals surface area contributed by atoms with Crippen molar-refractivity contribution in [2.75, 3.05) is 13.6 Å². The summed E-state index contributed by atoms with van der Waals surface area (Å²) in [5, 5.41) is 0. The number of nitrogens with zero attached hydrogens (tertiary/aromatic N) is 3. The molecule has 0 saturated heterocycles.